The Labute approximate surface area is 249 Å². The first kappa shape index (κ1) is 42.3. The first-order valence-electron chi connectivity index (χ1n) is 15.5. The van der Waals surface area contributed by atoms with E-state index in [9.17, 15) is 0 Å². The van der Waals surface area contributed by atoms with Crippen LogP contribution in [0, 0.1) is 41.4 Å². The first-order chi connectivity index (χ1) is 18.7. The predicted octanol–water partition coefficient (Wildman–Crippen LogP) is 9.82. The second-order valence-corrected chi connectivity index (χ2v) is 11.2. The fraction of sp³-hybridized carbons (Fsp3) is 0.794. The van der Waals surface area contributed by atoms with Crippen molar-refractivity contribution in [3.8, 4) is 0 Å². The van der Waals surface area contributed by atoms with E-state index in [2.05, 4.69) is 79.0 Å². The van der Waals surface area contributed by atoms with Crippen molar-refractivity contribution in [1.29, 1.82) is 0 Å². The Morgan fingerprint density at radius 3 is 2.00 bits per heavy atom. The van der Waals surface area contributed by atoms with E-state index in [1.807, 2.05) is 13.8 Å². The van der Waals surface area contributed by atoms with Gasteiger partial charge in [0.25, 0.3) is 6.47 Å². The van der Waals surface area contributed by atoms with Crippen LogP contribution in [0.4, 0.5) is 0 Å². The second-order valence-electron chi connectivity index (χ2n) is 11.2. The molecule has 5 heteroatoms. The summed E-state index contributed by atoms with van der Waals surface area (Å²) in [7, 11) is 1.77. The topological polar surface area (TPSA) is 72.5 Å². The number of rotatable bonds is 3. The maximum Gasteiger partial charge on any atom is 0.290 e. The Morgan fingerprint density at radius 1 is 1.03 bits per heavy atom. The molecule has 0 aliphatic heterocycles. The Bertz CT molecular complexity index is 622. The molecule has 0 radical (unpaired) electrons. The van der Waals surface area contributed by atoms with Gasteiger partial charge < -0.3 is 15.6 Å². The molecule has 0 aromatic rings. The summed E-state index contributed by atoms with van der Waals surface area (Å²) in [6, 6.07) is 0. The van der Waals surface area contributed by atoms with Crippen molar-refractivity contribution >= 4 is 19.1 Å². The molecule has 3 aliphatic carbocycles. The molecule has 0 heterocycles. The summed E-state index contributed by atoms with van der Waals surface area (Å²) in [4.78, 5) is 8.36. The van der Waals surface area contributed by atoms with E-state index >= 15 is 0 Å². The summed E-state index contributed by atoms with van der Waals surface area (Å²) in [5, 5.41) is 6.89. The van der Waals surface area contributed by atoms with Gasteiger partial charge in [-0.1, -0.05) is 80.0 Å². The molecule has 3 rings (SSSR count). The SMILES string of the molecule is C=C1/C=C\C(OC)=C/CCCC2C(CCC3C2CC[C@@H]3C)C1.CC.CC(C)C(C)C.CCCN.CS.O=CO. The number of nitrogens with two attached hydrogens (primary N) is 1. The largest absolute Gasteiger partial charge is 0.497 e. The number of fused-ring (bicyclic) bond motifs is 3. The molecule has 0 bridgehead atoms. The minimum atomic E-state index is -0.250. The van der Waals surface area contributed by atoms with Gasteiger partial charge in [0.2, 0.25) is 0 Å². The van der Waals surface area contributed by atoms with E-state index in [1.165, 1.54) is 50.5 Å². The van der Waals surface area contributed by atoms with Crippen LogP contribution in [0.25, 0.3) is 0 Å². The number of hydrogen-bond donors (Lipinski definition) is 3. The van der Waals surface area contributed by atoms with Gasteiger partial charge >= 0.3 is 0 Å². The lowest BCUT2D eigenvalue weighted by atomic mass is 9.63. The number of methoxy groups -OCH3 is 1. The predicted molar refractivity (Wildman–Crippen MR) is 177 cm³/mol. The zero-order valence-electron chi connectivity index (χ0n) is 27.4. The summed E-state index contributed by atoms with van der Waals surface area (Å²) >= 11 is 3.53. The Hall–Kier alpha value is -1.20. The zero-order valence-corrected chi connectivity index (χ0v) is 28.3. The highest BCUT2D eigenvalue weighted by Gasteiger charge is 2.44. The Kier molecular flexibility index (Phi) is 30.7. The number of ether oxygens (including phenoxy) is 1. The molecule has 4 nitrogen and oxygen atoms in total. The zero-order chi connectivity index (χ0) is 30.8. The van der Waals surface area contributed by atoms with Crippen LogP contribution in [0.1, 0.15) is 113 Å². The van der Waals surface area contributed by atoms with Crippen LogP contribution >= 0.6 is 12.6 Å². The highest BCUT2D eigenvalue weighted by atomic mass is 32.1. The summed E-state index contributed by atoms with van der Waals surface area (Å²) < 4.78 is 5.45. The molecule has 39 heavy (non-hydrogen) atoms. The van der Waals surface area contributed by atoms with E-state index in [0.717, 1.165) is 66.6 Å². The lowest BCUT2D eigenvalue weighted by Crippen LogP contribution is -2.33. The molecule has 5 atom stereocenters. The van der Waals surface area contributed by atoms with Gasteiger partial charge in [-0.3, -0.25) is 4.79 Å². The fourth-order valence-corrected chi connectivity index (χ4v) is 5.43. The first-order valence-corrected chi connectivity index (χ1v) is 16.4. The van der Waals surface area contributed by atoms with Gasteiger partial charge in [0.05, 0.1) is 7.11 Å². The molecule has 2 fully saturated rings. The van der Waals surface area contributed by atoms with Crippen LogP contribution in [0.15, 0.2) is 36.1 Å². The molecule has 3 aliphatic rings. The van der Waals surface area contributed by atoms with Crippen LogP contribution in [-0.4, -0.2) is 31.5 Å². The van der Waals surface area contributed by atoms with Gasteiger partial charge in [-0.05, 0) is 118 Å². The quantitative estimate of drug-likeness (QED) is 0.234. The van der Waals surface area contributed by atoms with Gasteiger partial charge in [0, 0.05) is 0 Å². The van der Waals surface area contributed by atoms with Crippen LogP contribution in [0.5, 0.6) is 0 Å². The van der Waals surface area contributed by atoms with Gasteiger partial charge in [0.15, 0.2) is 0 Å². The van der Waals surface area contributed by atoms with E-state index in [-0.39, 0.29) is 6.47 Å². The highest BCUT2D eigenvalue weighted by Crippen LogP contribution is 2.53. The van der Waals surface area contributed by atoms with Crippen molar-refractivity contribution in [3.05, 3.63) is 36.1 Å². The summed E-state index contributed by atoms with van der Waals surface area (Å²) in [6.07, 6.45) is 20.2. The van der Waals surface area contributed by atoms with Gasteiger partial charge in [-0.15, -0.1) is 0 Å². The lowest BCUT2D eigenvalue weighted by molar-refractivity contribution is -0.122. The number of carboxylic acid groups (broad SMARTS) is 1. The molecule has 3 N–H and O–H groups in total. The van der Waals surface area contributed by atoms with Crippen LogP contribution in [-0.2, 0) is 9.53 Å². The maximum absolute atomic E-state index is 8.36. The van der Waals surface area contributed by atoms with Gasteiger partial charge in [0.1, 0.15) is 5.76 Å². The average molecular weight is 570 g/mol. The summed E-state index contributed by atoms with van der Waals surface area (Å²) in [5.74, 6) is 7.48. The second kappa shape index (κ2) is 28.3. The maximum atomic E-state index is 8.36. The molecule has 232 valence electrons. The standard InChI is InChI=1S/C21H32O.C6H14.C3H9N.C2H6.CH2O2.CH4S/c1-15-8-11-18(22-3)6-4-5-7-20-17(14-15)10-13-19-16(2)9-12-21(19)20;1-5(2)6(3)4;1-2-3-4;1-2;2-1-3;1-2/h6,8,11,16-17,19-21H,1,4-5,7,9-10,12-14H2,2-3H3;5-6H,1-4H3;2-4H2,1H3;1-2H3;1H,(H,2,3);2H,1H3/b11-8-,18-6+;;;;;/t16-,17?,19?,20?,21?;;;;;/m0...../s1. The Balaban J connectivity index is -0.000000633. The van der Waals surface area contributed by atoms with E-state index < -0.39 is 0 Å². The number of carbonyl (C=O) groups is 1. The minimum Gasteiger partial charge on any atom is -0.497 e. The number of hydrogen-bond acceptors (Lipinski definition) is 4. The third-order valence-electron chi connectivity index (χ3n) is 8.21. The Morgan fingerprint density at radius 2 is 1.54 bits per heavy atom. The number of thiol groups is 1. The van der Waals surface area contributed by atoms with Crippen LogP contribution < -0.4 is 5.73 Å². The van der Waals surface area contributed by atoms with Crippen molar-refractivity contribution < 1.29 is 14.6 Å². The van der Waals surface area contributed by atoms with Crippen molar-refractivity contribution in [3.63, 3.8) is 0 Å². The molecule has 0 amide bonds. The molecular formula is C34H67NO3S. The average Bonchev–Trinajstić information content (AvgIpc) is 3.31. The van der Waals surface area contributed by atoms with Gasteiger partial charge in [-0.25, -0.2) is 0 Å². The van der Waals surface area contributed by atoms with E-state index in [1.54, 1.807) is 13.4 Å². The fourth-order valence-electron chi connectivity index (χ4n) is 5.43. The minimum absolute atomic E-state index is 0.250. The molecule has 0 spiro atoms. The van der Waals surface area contributed by atoms with Crippen molar-refractivity contribution in [2.24, 2.45) is 47.2 Å². The van der Waals surface area contributed by atoms with Crippen molar-refractivity contribution in [2.75, 3.05) is 19.9 Å². The smallest absolute Gasteiger partial charge is 0.290 e. The molecule has 0 aromatic heterocycles. The van der Waals surface area contributed by atoms with Crippen molar-refractivity contribution in [2.45, 2.75) is 113 Å². The van der Waals surface area contributed by atoms with E-state index in [0.29, 0.717) is 0 Å². The summed E-state index contributed by atoms with van der Waals surface area (Å²) in [5.41, 5.74) is 6.31. The summed E-state index contributed by atoms with van der Waals surface area (Å²) in [6.45, 7) is 22.4. The van der Waals surface area contributed by atoms with Gasteiger partial charge in [-0.2, -0.15) is 12.6 Å². The molecule has 0 aromatic carbocycles. The number of allylic oxidation sites excluding steroid dienone is 4. The molecule has 4 unspecified atom stereocenters. The van der Waals surface area contributed by atoms with Crippen LogP contribution in [0.3, 0.4) is 0 Å². The molecular weight excluding hydrogens is 502 g/mol. The highest BCUT2D eigenvalue weighted by molar-refractivity contribution is 7.79. The van der Waals surface area contributed by atoms with Crippen LogP contribution in [0.2, 0.25) is 0 Å². The van der Waals surface area contributed by atoms with E-state index in [4.69, 9.17) is 20.4 Å². The monoisotopic (exact) mass is 569 g/mol. The normalized spacial score (nSPS) is 27.5. The third kappa shape index (κ3) is 19.5. The lowest BCUT2D eigenvalue weighted by Gasteiger charge is -2.42. The molecule has 0 saturated heterocycles. The third-order valence-corrected chi connectivity index (χ3v) is 8.21. The van der Waals surface area contributed by atoms with Crippen molar-refractivity contribution in [1.82, 2.24) is 0 Å². The molecule has 2 saturated carbocycles.